The molecule has 2 aliphatic rings. The van der Waals surface area contributed by atoms with Crippen LogP contribution in [0.3, 0.4) is 0 Å². The molecule has 2 amide bonds. The maximum atomic E-state index is 12.2. The van der Waals surface area contributed by atoms with E-state index in [9.17, 15) is 13.2 Å². The molecule has 0 aromatic rings. The minimum Gasteiger partial charge on any atom is -0.337 e. The summed E-state index contributed by atoms with van der Waals surface area (Å²) >= 11 is 0. The molecule has 1 saturated carbocycles. The van der Waals surface area contributed by atoms with E-state index in [0.29, 0.717) is 6.04 Å². The monoisotopic (exact) mass is 316 g/mol. The van der Waals surface area contributed by atoms with Crippen LogP contribution in [0.4, 0.5) is 4.79 Å². The van der Waals surface area contributed by atoms with Crippen molar-refractivity contribution in [3.05, 3.63) is 0 Å². The Morgan fingerprint density at radius 3 is 2.52 bits per heavy atom. The van der Waals surface area contributed by atoms with Crippen LogP contribution in [-0.4, -0.2) is 50.5 Å². The molecule has 0 aromatic heterocycles. The number of nitrogens with zero attached hydrogens (tertiary/aromatic N) is 1. The molecule has 122 valence electrons. The first kappa shape index (κ1) is 16.6. The van der Waals surface area contributed by atoms with Gasteiger partial charge in [-0.05, 0) is 25.2 Å². The fourth-order valence-corrected chi connectivity index (χ4v) is 4.07. The second-order valence-electron chi connectivity index (χ2n) is 6.59. The Kier molecular flexibility index (Phi) is 5.90. The van der Waals surface area contributed by atoms with Crippen molar-refractivity contribution >= 4 is 15.9 Å². The number of hydrogen-bond donors (Lipinski definition) is 1. The Hall–Kier alpha value is -0.780. The first-order valence-corrected chi connectivity index (χ1v) is 10.2. The van der Waals surface area contributed by atoms with Crippen LogP contribution < -0.4 is 5.32 Å². The van der Waals surface area contributed by atoms with Crippen molar-refractivity contribution in [1.82, 2.24) is 10.2 Å². The van der Waals surface area contributed by atoms with Crippen LogP contribution in [0.1, 0.15) is 51.4 Å². The smallest absolute Gasteiger partial charge is 0.317 e. The average Bonchev–Trinajstić information content (AvgIpc) is 2.86. The number of amides is 2. The minimum absolute atomic E-state index is 0.0138. The van der Waals surface area contributed by atoms with E-state index in [0.717, 1.165) is 31.7 Å². The highest BCUT2D eigenvalue weighted by Gasteiger charge is 2.30. The van der Waals surface area contributed by atoms with Gasteiger partial charge in [0.25, 0.3) is 0 Å². The number of carbonyl (C=O) groups excluding carboxylic acids is 1. The number of likely N-dealkylation sites (tertiary alicyclic amines) is 1. The van der Waals surface area contributed by atoms with Gasteiger partial charge in [-0.15, -0.1) is 0 Å². The summed E-state index contributed by atoms with van der Waals surface area (Å²) in [6.07, 6.45) is 11.1. The van der Waals surface area contributed by atoms with Crippen LogP contribution in [-0.2, 0) is 9.84 Å². The molecule has 0 aromatic carbocycles. The molecule has 1 N–H and O–H groups in total. The zero-order valence-electron chi connectivity index (χ0n) is 13.0. The summed E-state index contributed by atoms with van der Waals surface area (Å²) in [5.74, 6) is 0.785. The second-order valence-corrected chi connectivity index (χ2v) is 8.85. The Balaban J connectivity index is 1.78. The van der Waals surface area contributed by atoms with Gasteiger partial charge in [0, 0.05) is 25.4 Å². The van der Waals surface area contributed by atoms with Crippen LogP contribution in [0.2, 0.25) is 0 Å². The Morgan fingerprint density at radius 1 is 1.14 bits per heavy atom. The number of sulfone groups is 1. The van der Waals surface area contributed by atoms with Crippen molar-refractivity contribution < 1.29 is 13.2 Å². The van der Waals surface area contributed by atoms with Gasteiger partial charge >= 0.3 is 6.03 Å². The number of urea groups is 1. The molecule has 2 rings (SSSR count). The van der Waals surface area contributed by atoms with Crippen molar-refractivity contribution in [3.63, 3.8) is 0 Å². The summed E-state index contributed by atoms with van der Waals surface area (Å²) in [7, 11) is -3.01. The van der Waals surface area contributed by atoms with Crippen molar-refractivity contribution in [2.24, 2.45) is 5.92 Å². The summed E-state index contributed by atoms with van der Waals surface area (Å²) in [6.45, 7) is 1.02. The highest BCUT2D eigenvalue weighted by molar-refractivity contribution is 7.90. The van der Waals surface area contributed by atoms with Gasteiger partial charge in [-0.2, -0.15) is 0 Å². The third kappa shape index (κ3) is 5.49. The van der Waals surface area contributed by atoms with Gasteiger partial charge in [-0.3, -0.25) is 0 Å². The molecule has 1 saturated heterocycles. The molecule has 2 fully saturated rings. The van der Waals surface area contributed by atoms with Crippen LogP contribution in [0, 0.1) is 5.92 Å². The highest BCUT2D eigenvalue weighted by atomic mass is 32.2. The lowest BCUT2D eigenvalue weighted by Gasteiger charge is -2.30. The average molecular weight is 316 g/mol. The van der Waals surface area contributed by atoms with Crippen LogP contribution in [0.15, 0.2) is 0 Å². The Labute approximate surface area is 128 Å². The van der Waals surface area contributed by atoms with Gasteiger partial charge in [-0.25, -0.2) is 13.2 Å². The molecule has 1 heterocycles. The number of hydrogen-bond acceptors (Lipinski definition) is 3. The lowest BCUT2D eigenvalue weighted by Crippen LogP contribution is -2.44. The van der Waals surface area contributed by atoms with Crippen molar-refractivity contribution in [1.29, 1.82) is 0 Å². The molecule has 0 bridgehead atoms. The molecular formula is C15H28N2O3S. The van der Waals surface area contributed by atoms with Crippen molar-refractivity contribution in [2.45, 2.75) is 57.4 Å². The van der Waals surface area contributed by atoms with E-state index in [2.05, 4.69) is 5.32 Å². The quantitative estimate of drug-likeness (QED) is 0.845. The van der Waals surface area contributed by atoms with E-state index in [4.69, 9.17) is 0 Å². The molecule has 0 unspecified atom stereocenters. The third-order valence-corrected chi connectivity index (χ3v) is 5.66. The second kappa shape index (κ2) is 7.47. The van der Waals surface area contributed by atoms with E-state index in [1.165, 1.54) is 38.4 Å². The van der Waals surface area contributed by atoms with E-state index >= 15 is 0 Å². The predicted octanol–water partition coefficient (Wildman–Crippen LogP) is 2.18. The predicted molar refractivity (Wildman–Crippen MR) is 84.0 cm³/mol. The number of carbonyl (C=O) groups is 1. The minimum atomic E-state index is -3.01. The van der Waals surface area contributed by atoms with Crippen LogP contribution in [0.25, 0.3) is 0 Å². The van der Waals surface area contributed by atoms with Gasteiger partial charge in [0.1, 0.15) is 9.84 Å². The van der Waals surface area contributed by atoms with E-state index in [1.807, 2.05) is 4.90 Å². The molecule has 0 spiro atoms. The number of rotatable bonds is 5. The first-order chi connectivity index (χ1) is 9.96. The zero-order chi connectivity index (χ0) is 15.3. The zero-order valence-corrected chi connectivity index (χ0v) is 13.8. The maximum absolute atomic E-state index is 12.2. The van der Waals surface area contributed by atoms with Crippen LogP contribution in [0.5, 0.6) is 0 Å². The summed E-state index contributed by atoms with van der Waals surface area (Å²) < 4.78 is 22.2. The van der Waals surface area contributed by atoms with E-state index < -0.39 is 9.84 Å². The summed E-state index contributed by atoms with van der Waals surface area (Å²) in [5.41, 5.74) is 0. The van der Waals surface area contributed by atoms with E-state index in [1.54, 1.807) is 0 Å². The normalized spacial score (nSPS) is 24.2. The van der Waals surface area contributed by atoms with Gasteiger partial charge in [0.2, 0.25) is 0 Å². The van der Waals surface area contributed by atoms with Gasteiger partial charge in [0.05, 0.1) is 5.75 Å². The largest absolute Gasteiger partial charge is 0.337 e. The summed E-state index contributed by atoms with van der Waals surface area (Å²) in [5, 5.41) is 2.76. The van der Waals surface area contributed by atoms with Gasteiger partial charge in [0.15, 0.2) is 0 Å². The first-order valence-electron chi connectivity index (χ1n) is 8.18. The molecule has 21 heavy (non-hydrogen) atoms. The molecule has 1 aliphatic heterocycles. The van der Waals surface area contributed by atoms with Crippen molar-refractivity contribution in [2.75, 3.05) is 25.1 Å². The lowest BCUT2D eigenvalue weighted by atomic mass is 9.84. The Morgan fingerprint density at radius 2 is 1.86 bits per heavy atom. The molecular weight excluding hydrogens is 288 g/mol. The van der Waals surface area contributed by atoms with Crippen LogP contribution >= 0.6 is 0 Å². The Bertz CT molecular complexity index is 444. The molecule has 1 atom stereocenters. The molecule has 0 radical (unpaired) electrons. The maximum Gasteiger partial charge on any atom is 0.317 e. The fraction of sp³-hybridized carbons (Fsp3) is 0.933. The topological polar surface area (TPSA) is 66.5 Å². The van der Waals surface area contributed by atoms with Gasteiger partial charge < -0.3 is 10.2 Å². The third-order valence-electron chi connectivity index (χ3n) is 4.72. The summed E-state index contributed by atoms with van der Waals surface area (Å²) in [6, 6.07) is 0.267. The lowest BCUT2D eigenvalue weighted by molar-refractivity contribution is 0.178. The highest BCUT2D eigenvalue weighted by Crippen LogP contribution is 2.31. The SMILES string of the molecule is CS(=O)(=O)CCNC(=O)N1CCC[C@@H]1CC1CCCCC1. The van der Waals surface area contributed by atoms with E-state index in [-0.39, 0.29) is 18.3 Å². The van der Waals surface area contributed by atoms with Crippen molar-refractivity contribution in [3.8, 4) is 0 Å². The fourth-order valence-electron chi connectivity index (χ4n) is 3.60. The number of nitrogens with one attached hydrogen (secondary N) is 1. The molecule has 6 heteroatoms. The van der Waals surface area contributed by atoms with Gasteiger partial charge in [-0.1, -0.05) is 32.1 Å². The molecule has 1 aliphatic carbocycles. The molecule has 5 nitrogen and oxygen atoms in total. The summed E-state index contributed by atoms with van der Waals surface area (Å²) in [4.78, 5) is 14.1. The standard InChI is InChI=1S/C15H28N2O3S/c1-21(19,20)11-9-16-15(18)17-10-5-8-14(17)12-13-6-3-2-4-7-13/h13-14H,2-12H2,1H3,(H,16,18)/t14-/m1/s1.